The van der Waals surface area contributed by atoms with Crippen molar-refractivity contribution in [3.05, 3.63) is 34.4 Å². The van der Waals surface area contributed by atoms with E-state index >= 15 is 0 Å². The van der Waals surface area contributed by atoms with Gasteiger partial charge in [0.2, 0.25) is 0 Å². The van der Waals surface area contributed by atoms with Crippen LogP contribution in [0.25, 0.3) is 0 Å². The molecule has 1 fully saturated rings. The molecule has 0 aromatic heterocycles. The first kappa shape index (κ1) is 11.0. The molecule has 0 saturated carbocycles. The van der Waals surface area contributed by atoms with Crippen molar-refractivity contribution in [3.63, 3.8) is 0 Å². The van der Waals surface area contributed by atoms with Crippen LogP contribution in [0.15, 0.2) is 12.1 Å². The minimum atomic E-state index is 0.127. The lowest BCUT2D eigenvalue weighted by atomic mass is 9.94. The Morgan fingerprint density at radius 2 is 1.80 bits per heavy atom. The van der Waals surface area contributed by atoms with Crippen LogP contribution in [0.1, 0.15) is 29.2 Å². The zero-order valence-corrected chi connectivity index (χ0v) is 10.8. The summed E-state index contributed by atoms with van der Waals surface area (Å²) in [6.07, 6.45) is 0. The standard InChI is InChI=1S/C13H19NS/c1-9-7-10(2)12(11(3)8-9)13(4)14-5-6-15-13/h7-8,14H,5-6H2,1-4H3/t13-/m1/s1. The van der Waals surface area contributed by atoms with E-state index in [4.69, 9.17) is 0 Å². The summed E-state index contributed by atoms with van der Waals surface area (Å²) in [5.74, 6) is 1.21. The maximum atomic E-state index is 3.61. The predicted molar refractivity (Wildman–Crippen MR) is 68.5 cm³/mol. The number of hydrogen-bond acceptors (Lipinski definition) is 2. The summed E-state index contributed by atoms with van der Waals surface area (Å²) in [4.78, 5) is 0.127. The Balaban J connectivity index is 2.52. The summed E-state index contributed by atoms with van der Waals surface area (Å²) in [6.45, 7) is 10.0. The monoisotopic (exact) mass is 221 g/mol. The van der Waals surface area contributed by atoms with Crippen LogP contribution >= 0.6 is 11.8 Å². The number of thioether (sulfide) groups is 1. The van der Waals surface area contributed by atoms with E-state index in [-0.39, 0.29) is 4.87 Å². The van der Waals surface area contributed by atoms with Gasteiger partial charge in [0.05, 0.1) is 4.87 Å². The molecule has 1 saturated heterocycles. The normalized spacial score (nSPS) is 25.9. The first-order valence-electron chi connectivity index (χ1n) is 5.50. The SMILES string of the molecule is Cc1cc(C)c([C@]2(C)NCCS2)c(C)c1. The fourth-order valence-corrected chi connectivity index (χ4v) is 3.97. The van der Waals surface area contributed by atoms with Gasteiger partial charge in [0.25, 0.3) is 0 Å². The minimum Gasteiger partial charge on any atom is -0.298 e. The Hall–Kier alpha value is -0.470. The summed E-state index contributed by atoms with van der Waals surface area (Å²) < 4.78 is 0. The number of aryl methyl sites for hydroxylation is 3. The molecule has 0 bridgehead atoms. The van der Waals surface area contributed by atoms with E-state index in [1.165, 1.54) is 28.0 Å². The second-order valence-corrected chi connectivity index (χ2v) is 6.10. The molecule has 0 unspecified atom stereocenters. The van der Waals surface area contributed by atoms with Crippen molar-refractivity contribution in [1.82, 2.24) is 5.32 Å². The quantitative estimate of drug-likeness (QED) is 0.782. The molecular weight excluding hydrogens is 202 g/mol. The lowest BCUT2D eigenvalue weighted by molar-refractivity contribution is 0.568. The van der Waals surface area contributed by atoms with Gasteiger partial charge in [-0.2, -0.15) is 0 Å². The Morgan fingerprint density at radius 1 is 1.20 bits per heavy atom. The third kappa shape index (κ3) is 1.93. The largest absolute Gasteiger partial charge is 0.298 e. The van der Waals surface area contributed by atoms with Crippen molar-refractivity contribution >= 4 is 11.8 Å². The van der Waals surface area contributed by atoms with Gasteiger partial charge in [0.15, 0.2) is 0 Å². The second kappa shape index (κ2) is 3.84. The molecule has 1 aliphatic heterocycles. The van der Waals surface area contributed by atoms with Crippen LogP contribution in [0.4, 0.5) is 0 Å². The first-order chi connectivity index (χ1) is 7.03. The molecule has 1 aromatic carbocycles. The van der Waals surface area contributed by atoms with E-state index in [1.54, 1.807) is 0 Å². The highest BCUT2D eigenvalue weighted by atomic mass is 32.2. The summed E-state index contributed by atoms with van der Waals surface area (Å²) in [6, 6.07) is 4.57. The first-order valence-corrected chi connectivity index (χ1v) is 6.49. The molecule has 1 N–H and O–H groups in total. The molecule has 1 heterocycles. The van der Waals surface area contributed by atoms with Crippen LogP contribution in [0.2, 0.25) is 0 Å². The number of rotatable bonds is 1. The second-order valence-electron chi connectivity index (χ2n) is 4.58. The van der Waals surface area contributed by atoms with Crippen LogP contribution in [0.3, 0.4) is 0 Å². The Kier molecular flexibility index (Phi) is 2.82. The molecule has 2 rings (SSSR count). The van der Waals surface area contributed by atoms with Gasteiger partial charge in [-0.25, -0.2) is 0 Å². The molecule has 82 valence electrons. The fourth-order valence-electron chi connectivity index (χ4n) is 2.69. The molecular formula is C13H19NS. The molecule has 15 heavy (non-hydrogen) atoms. The van der Waals surface area contributed by atoms with Gasteiger partial charge >= 0.3 is 0 Å². The maximum Gasteiger partial charge on any atom is 0.0878 e. The zero-order chi connectivity index (χ0) is 11.1. The molecule has 1 aromatic rings. The average molecular weight is 221 g/mol. The minimum absolute atomic E-state index is 0.127. The molecule has 0 spiro atoms. The number of benzene rings is 1. The lowest BCUT2D eigenvalue weighted by Crippen LogP contribution is -2.32. The van der Waals surface area contributed by atoms with Crippen molar-refractivity contribution in [2.24, 2.45) is 0 Å². The summed E-state index contributed by atoms with van der Waals surface area (Å²) in [5.41, 5.74) is 5.67. The van der Waals surface area contributed by atoms with Gasteiger partial charge in [-0.05, 0) is 44.4 Å². The van der Waals surface area contributed by atoms with Crippen molar-refractivity contribution in [1.29, 1.82) is 0 Å². The van der Waals surface area contributed by atoms with Gasteiger partial charge in [-0.15, -0.1) is 11.8 Å². The van der Waals surface area contributed by atoms with Crippen molar-refractivity contribution in [2.75, 3.05) is 12.3 Å². The zero-order valence-electron chi connectivity index (χ0n) is 9.98. The van der Waals surface area contributed by atoms with E-state index in [9.17, 15) is 0 Å². The summed E-state index contributed by atoms with van der Waals surface area (Å²) in [7, 11) is 0. The highest BCUT2D eigenvalue weighted by molar-refractivity contribution is 8.00. The van der Waals surface area contributed by atoms with Crippen LogP contribution in [-0.2, 0) is 4.87 Å². The van der Waals surface area contributed by atoms with Crippen LogP contribution in [0.5, 0.6) is 0 Å². The van der Waals surface area contributed by atoms with Crippen LogP contribution in [-0.4, -0.2) is 12.3 Å². The van der Waals surface area contributed by atoms with Crippen LogP contribution in [0, 0.1) is 20.8 Å². The van der Waals surface area contributed by atoms with Crippen molar-refractivity contribution in [2.45, 2.75) is 32.6 Å². The lowest BCUT2D eigenvalue weighted by Gasteiger charge is -2.28. The van der Waals surface area contributed by atoms with Gasteiger partial charge in [-0.3, -0.25) is 5.32 Å². The highest BCUT2D eigenvalue weighted by Crippen LogP contribution is 2.40. The molecule has 1 atom stereocenters. The number of hydrogen-bond donors (Lipinski definition) is 1. The maximum absolute atomic E-state index is 3.61. The molecule has 0 radical (unpaired) electrons. The summed E-state index contributed by atoms with van der Waals surface area (Å²) in [5, 5.41) is 3.61. The molecule has 0 amide bonds. The van der Waals surface area contributed by atoms with E-state index in [0.29, 0.717) is 0 Å². The van der Waals surface area contributed by atoms with Crippen LogP contribution < -0.4 is 5.32 Å². The third-order valence-corrected chi connectivity index (χ3v) is 4.44. The van der Waals surface area contributed by atoms with Gasteiger partial charge < -0.3 is 0 Å². The molecule has 2 heteroatoms. The topological polar surface area (TPSA) is 12.0 Å². The van der Waals surface area contributed by atoms with E-state index in [1.807, 2.05) is 11.8 Å². The van der Waals surface area contributed by atoms with E-state index in [0.717, 1.165) is 6.54 Å². The molecule has 1 nitrogen and oxygen atoms in total. The predicted octanol–water partition coefficient (Wildman–Crippen LogP) is 3.12. The van der Waals surface area contributed by atoms with Crippen molar-refractivity contribution < 1.29 is 0 Å². The summed E-state index contributed by atoms with van der Waals surface area (Å²) >= 11 is 2.02. The number of nitrogens with one attached hydrogen (secondary N) is 1. The smallest absolute Gasteiger partial charge is 0.0878 e. The Bertz CT molecular complexity index is 355. The fraction of sp³-hybridized carbons (Fsp3) is 0.538. The van der Waals surface area contributed by atoms with Gasteiger partial charge in [0, 0.05) is 12.3 Å². The van der Waals surface area contributed by atoms with Gasteiger partial charge in [0.1, 0.15) is 0 Å². The molecule has 0 aliphatic carbocycles. The Morgan fingerprint density at radius 3 is 2.27 bits per heavy atom. The average Bonchev–Trinajstić information content (AvgIpc) is 2.50. The third-order valence-electron chi connectivity index (χ3n) is 3.11. The Labute approximate surface area is 96.7 Å². The highest BCUT2D eigenvalue weighted by Gasteiger charge is 2.33. The van der Waals surface area contributed by atoms with E-state index in [2.05, 4.69) is 45.1 Å². The van der Waals surface area contributed by atoms with E-state index < -0.39 is 0 Å². The van der Waals surface area contributed by atoms with Crippen molar-refractivity contribution in [3.8, 4) is 0 Å². The molecule has 1 aliphatic rings. The van der Waals surface area contributed by atoms with Gasteiger partial charge in [-0.1, -0.05) is 17.7 Å².